The molecule has 2 nitrogen and oxygen atoms in total. The summed E-state index contributed by atoms with van der Waals surface area (Å²) in [5.74, 6) is 0. The lowest BCUT2D eigenvalue weighted by Gasteiger charge is -2.18. The Morgan fingerprint density at radius 3 is 2.50 bits per heavy atom. The van der Waals surface area contributed by atoms with E-state index in [9.17, 15) is 4.21 Å². The van der Waals surface area contributed by atoms with Crippen molar-refractivity contribution >= 4 is 10.8 Å². The van der Waals surface area contributed by atoms with Gasteiger partial charge in [-0.15, -0.1) is 0 Å². The number of benzene rings is 1. The maximum Gasteiger partial charge on any atom is 0.0729 e. The van der Waals surface area contributed by atoms with Gasteiger partial charge in [0.2, 0.25) is 0 Å². The van der Waals surface area contributed by atoms with E-state index in [1.54, 1.807) is 0 Å². The Hall–Kier alpha value is -1.14. The van der Waals surface area contributed by atoms with Crippen LogP contribution in [0.3, 0.4) is 0 Å². The second kappa shape index (κ2) is 6.44. The van der Waals surface area contributed by atoms with Crippen LogP contribution in [-0.2, 0) is 10.8 Å². The minimum absolute atomic E-state index is 0.138. The molecule has 16 heavy (non-hydrogen) atoms. The van der Waals surface area contributed by atoms with Crippen molar-refractivity contribution in [3.8, 4) is 6.07 Å². The molecule has 0 aliphatic rings. The maximum absolute atomic E-state index is 12.2. The van der Waals surface area contributed by atoms with Gasteiger partial charge in [0.25, 0.3) is 0 Å². The second-order valence-corrected chi connectivity index (χ2v) is 5.84. The molecular weight excluding hydrogens is 218 g/mol. The summed E-state index contributed by atoms with van der Waals surface area (Å²) in [6, 6.07) is 11.8. The summed E-state index contributed by atoms with van der Waals surface area (Å²) in [4.78, 5) is 0. The van der Waals surface area contributed by atoms with Gasteiger partial charge >= 0.3 is 0 Å². The molecular formula is C13H17NOS. The van der Waals surface area contributed by atoms with Crippen molar-refractivity contribution in [1.82, 2.24) is 0 Å². The summed E-state index contributed by atoms with van der Waals surface area (Å²) in [7, 11) is -0.976. The zero-order valence-electron chi connectivity index (χ0n) is 9.72. The molecule has 0 saturated carbocycles. The molecule has 86 valence electrons. The van der Waals surface area contributed by atoms with Gasteiger partial charge in [0.15, 0.2) is 0 Å². The van der Waals surface area contributed by atoms with Gasteiger partial charge < -0.3 is 0 Å². The first kappa shape index (κ1) is 12.9. The molecule has 0 aliphatic heterocycles. The van der Waals surface area contributed by atoms with Crippen LogP contribution < -0.4 is 0 Å². The summed E-state index contributed by atoms with van der Waals surface area (Å²) < 4.78 is 12.2. The highest BCUT2D eigenvalue weighted by molar-refractivity contribution is 7.85. The van der Waals surface area contributed by atoms with Gasteiger partial charge in [-0.05, 0) is 12.0 Å². The number of nitriles is 1. The molecule has 0 N–H and O–H groups in total. The first-order valence-corrected chi connectivity index (χ1v) is 6.79. The van der Waals surface area contributed by atoms with Gasteiger partial charge in [0.1, 0.15) is 0 Å². The van der Waals surface area contributed by atoms with Crippen LogP contribution in [0.5, 0.6) is 0 Å². The monoisotopic (exact) mass is 235 g/mol. The van der Waals surface area contributed by atoms with Crippen LogP contribution >= 0.6 is 0 Å². The molecule has 0 fully saturated rings. The van der Waals surface area contributed by atoms with Crippen molar-refractivity contribution in [3.63, 3.8) is 0 Å². The van der Waals surface area contributed by atoms with E-state index in [0.29, 0.717) is 6.42 Å². The van der Waals surface area contributed by atoms with Crippen molar-refractivity contribution in [1.29, 1.82) is 5.26 Å². The zero-order valence-corrected chi connectivity index (χ0v) is 10.5. The summed E-state index contributed by atoms with van der Waals surface area (Å²) in [6.45, 7) is 4.00. The molecule has 3 heteroatoms. The average molecular weight is 235 g/mol. The molecule has 0 heterocycles. The second-order valence-electron chi connectivity index (χ2n) is 3.81. The fourth-order valence-electron chi connectivity index (χ4n) is 1.53. The lowest BCUT2D eigenvalue weighted by Crippen LogP contribution is -2.17. The highest BCUT2D eigenvalue weighted by atomic mass is 32.2. The lowest BCUT2D eigenvalue weighted by molar-refractivity contribution is 0.658. The predicted molar refractivity (Wildman–Crippen MR) is 67.3 cm³/mol. The number of nitrogens with zero attached hydrogens (tertiary/aromatic N) is 1. The highest BCUT2D eigenvalue weighted by Crippen LogP contribution is 2.26. The van der Waals surface area contributed by atoms with Crippen molar-refractivity contribution in [2.45, 2.75) is 37.2 Å². The molecule has 1 aromatic carbocycles. The minimum Gasteiger partial charge on any atom is -0.259 e. The molecule has 0 amide bonds. The molecule has 0 spiro atoms. The number of rotatable bonds is 5. The Kier molecular flexibility index (Phi) is 5.21. The Bertz CT molecular complexity index is 383. The number of hydrogen-bond donors (Lipinski definition) is 0. The van der Waals surface area contributed by atoms with E-state index in [-0.39, 0.29) is 10.5 Å². The molecule has 3 unspecified atom stereocenters. The van der Waals surface area contributed by atoms with Gasteiger partial charge in [0.05, 0.1) is 17.7 Å². The van der Waals surface area contributed by atoms with Crippen molar-refractivity contribution in [2.24, 2.45) is 0 Å². The predicted octanol–water partition coefficient (Wildman–Crippen LogP) is 3.19. The first-order chi connectivity index (χ1) is 7.70. The van der Waals surface area contributed by atoms with Gasteiger partial charge in [-0.2, -0.15) is 5.26 Å². The smallest absolute Gasteiger partial charge is 0.0729 e. The van der Waals surface area contributed by atoms with Gasteiger partial charge in [-0.3, -0.25) is 4.21 Å². The Labute approximate surface area is 99.8 Å². The van der Waals surface area contributed by atoms with Crippen LogP contribution in [0.1, 0.15) is 37.5 Å². The third-order valence-electron chi connectivity index (χ3n) is 2.70. The zero-order chi connectivity index (χ0) is 12.0. The van der Waals surface area contributed by atoms with E-state index in [1.807, 2.05) is 44.2 Å². The minimum atomic E-state index is -0.976. The fourth-order valence-corrected chi connectivity index (χ4v) is 3.08. The first-order valence-electron chi connectivity index (χ1n) is 5.52. The van der Waals surface area contributed by atoms with Crippen LogP contribution in [0.15, 0.2) is 30.3 Å². The van der Waals surface area contributed by atoms with E-state index in [2.05, 4.69) is 6.07 Å². The topological polar surface area (TPSA) is 40.9 Å². The summed E-state index contributed by atoms with van der Waals surface area (Å²) in [5, 5.41) is 8.80. The normalized spacial score (nSPS) is 16.1. The van der Waals surface area contributed by atoms with Crippen LogP contribution in [0.4, 0.5) is 0 Å². The Morgan fingerprint density at radius 2 is 2.00 bits per heavy atom. The average Bonchev–Trinajstić information content (AvgIpc) is 2.35. The van der Waals surface area contributed by atoms with E-state index in [1.165, 1.54) is 0 Å². The van der Waals surface area contributed by atoms with Crippen molar-refractivity contribution in [3.05, 3.63) is 35.9 Å². The molecule has 0 saturated heterocycles. The molecule has 0 aliphatic carbocycles. The maximum atomic E-state index is 12.2. The van der Waals surface area contributed by atoms with Gasteiger partial charge in [0, 0.05) is 16.0 Å². The standard InChI is InChI=1S/C13H17NOS/c1-3-11(2)16(15)13(9-10-14)12-7-5-4-6-8-12/h4-8,11,13H,3,9H2,1-2H3. The lowest BCUT2D eigenvalue weighted by atomic mass is 10.1. The summed E-state index contributed by atoms with van der Waals surface area (Å²) in [5.41, 5.74) is 1.00. The molecule has 0 radical (unpaired) electrons. The van der Waals surface area contributed by atoms with E-state index in [0.717, 1.165) is 12.0 Å². The molecule has 0 bridgehead atoms. The third kappa shape index (κ3) is 3.18. The van der Waals surface area contributed by atoms with E-state index >= 15 is 0 Å². The molecule has 1 aromatic rings. The molecule has 3 atom stereocenters. The van der Waals surface area contributed by atoms with Gasteiger partial charge in [-0.1, -0.05) is 44.2 Å². The Balaban J connectivity index is 2.92. The third-order valence-corrected chi connectivity index (χ3v) is 4.83. The van der Waals surface area contributed by atoms with E-state index in [4.69, 9.17) is 5.26 Å². The summed E-state index contributed by atoms with van der Waals surface area (Å²) in [6.07, 6.45) is 1.20. The van der Waals surface area contributed by atoms with Crippen LogP contribution in [0.2, 0.25) is 0 Å². The number of hydrogen-bond acceptors (Lipinski definition) is 2. The van der Waals surface area contributed by atoms with Crippen LogP contribution in [0, 0.1) is 11.3 Å². The van der Waals surface area contributed by atoms with Crippen molar-refractivity contribution < 1.29 is 4.21 Å². The van der Waals surface area contributed by atoms with E-state index < -0.39 is 10.8 Å². The highest BCUT2D eigenvalue weighted by Gasteiger charge is 2.22. The fraction of sp³-hybridized carbons (Fsp3) is 0.462. The quantitative estimate of drug-likeness (QED) is 0.786. The summed E-state index contributed by atoms with van der Waals surface area (Å²) >= 11 is 0. The molecule has 1 rings (SSSR count). The van der Waals surface area contributed by atoms with Crippen LogP contribution in [0.25, 0.3) is 0 Å². The van der Waals surface area contributed by atoms with Gasteiger partial charge in [-0.25, -0.2) is 0 Å². The van der Waals surface area contributed by atoms with Crippen LogP contribution in [-0.4, -0.2) is 9.46 Å². The largest absolute Gasteiger partial charge is 0.259 e. The SMILES string of the molecule is CCC(C)S(=O)C(CC#N)c1ccccc1. The van der Waals surface area contributed by atoms with Crippen molar-refractivity contribution in [2.75, 3.05) is 0 Å². The Morgan fingerprint density at radius 1 is 1.38 bits per heavy atom. The molecule has 0 aromatic heterocycles.